The third kappa shape index (κ3) is 1.03. The number of benzene rings is 1. The number of para-hydroxylation sites is 1. The van der Waals surface area contributed by atoms with Crippen LogP contribution in [-0.2, 0) is 0 Å². The second kappa shape index (κ2) is 2.43. The van der Waals surface area contributed by atoms with Crippen LogP contribution in [0.4, 0.5) is 0 Å². The van der Waals surface area contributed by atoms with Crippen LogP contribution in [0.3, 0.4) is 0 Å². The van der Waals surface area contributed by atoms with Gasteiger partial charge in [0.05, 0.1) is 4.88 Å². The summed E-state index contributed by atoms with van der Waals surface area (Å²) in [5, 5.41) is 1.86. The van der Waals surface area contributed by atoms with Gasteiger partial charge in [-0.3, -0.25) is 9.78 Å². The fraction of sp³-hybridized carbons (Fsp3) is 0. The molecule has 2 aliphatic rings. The van der Waals surface area contributed by atoms with Crippen molar-refractivity contribution in [1.82, 2.24) is 4.98 Å². The summed E-state index contributed by atoms with van der Waals surface area (Å²) in [5.41, 5.74) is 0.569. The molecule has 0 saturated carbocycles. The second-order valence-corrected chi connectivity index (χ2v) is 3.08. The SMILES string of the molecule is O=c1cccc2sccnc1-2. The fourth-order valence-electron chi connectivity index (χ4n) is 0.933. The third-order valence-electron chi connectivity index (χ3n) is 1.42. The molecule has 0 aromatic rings. The first-order chi connectivity index (χ1) is 5.38. The highest BCUT2D eigenvalue weighted by Gasteiger charge is 2.03. The highest BCUT2D eigenvalue weighted by molar-refractivity contribution is 7.13. The van der Waals surface area contributed by atoms with E-state index in [1.165, 1.54) is 17.4 Å². The summed E-state index contributed by atoms with van der Waals surface area (Å²) in [6, 6.07) is 5.18. The molecule has 54 valence electrons. The molecule has 0 N–H and O–H groups in total. The fourth-order valence-corrected chi connectivity index (χ4v) is 1.62. The van der Waals surface area contributed by atoms with Gasteiger partial charge in [-0.05, 0) is 12.1 Å². The van der Waals surface area contributed by atoms with E-state index in [0.717, 1.165) is 4.88 Å². The summed E-state index contributed by atoms with van der Waals surface area (Å²) in [4.78, 5) is 16.0. The molecule has 0 saturated heterocycles. The normalized spacial score (nSPS) is 10.2. The summed E-state index contributed by atoms with van der Waals surface area (Å²) in [6.07, 6.45) is 1.65. The van der Waals surface area contributed by atoms with Crippen LogP contribution in [0, 0.1) is 0 Å². The number of aromatic nitrogens is 1. The van der Waals surface area contributed by atoms with Gasteiger partial charge >= 0.3 is 0 Å². The number of fused-ring (bicyclic) bond motifs is 1. The second-order valence-electron chi connectivity index (χ2n) is 2.13. The Hall–Kier alpha value is -1.22. The molecular formula is C8H5NOS. The molecule has 11 heavy (non-hydrogen) atoms. The van der Waals surface area contributed by atoms with Gasteiger partial charge in [-0.15, -0.1) is 11.3 Å². The zero-order chi connectivity index (χ0) is 7.68. The average molecular weight is 163 g/mol. The molecule has 0 amide bonds. The van der Waals surface area contributed by atoms with E-state index in [4.69, 9.17) is 0 Å². The topological polar surface area (TPSA) is 30.0 Å². The molecule has 2 rings (SSSR count). The van der Waals surface area contributed by atoms with Crippen molar-refractivity contribution in [2.24, 2.45) is 0 Å². The molecule has 0 fully saturated rings. The molecule has 0 unspecified atom stereocenters. The molecule has 0 bridgehead atoms. The highest BCUT2D eigenvalue weighted by Crippen LogP contribution is 2.17. The predicted octanol–water partition coefficient (Wildman–Crippen LogP) is 1.61. The maximum atomic E-state index is 11.1. The standard InChI is InChI=1S/C8H5NOS/c10-6-2-1-3-7-8(6)9-4-5-11-7/h1-5H. The Morgan fingerprint density at radius 2 is 2.27 bits per heavy atom. The smallest absolute Gasteiger partial charge is 0.205 e. The van der Waals surface area contributed by atoms with Crippen molar-refractivity contribution in [2.45, 2.75) is 0 Å². The van der Waals surface area contributed by atoms with E-state index in [0.29, 0.717) is 5.69 Å². The molecular weight excluding hydrogens is 158 g/mol. The molecule has 1 aliphatic carbocycles. The molecule has 2 nitrogen and oxygen atoms in total. The monoisotopic (exact) mass is 163 g/mol. The summed E-state index contributed by atoms with van der Waals surface area (Å²) in [5.74, 6) is 0. The lowest BCUT2D eigenvalue weighted by molar-refractivity contribution is 1.33. The van der Waals surface area contributed by atoms with Crippen LogP contribution in [-0.4, -0.2) is 4.98 Å². The first kappa shape index (κ1) is 6.49. The Morgan fingerprint density at radius 1 is 1.36 bits per heavy atom. The van der Waals surface area contributed by atoms with Crippen molar-refractivity contribution in [1.29, 1.82) is 0 Å². The van der Waals surface area contributed by atoms with Crippen molar-refractivity contribution >= 4 is 11.3 Å². The molecule has 0 atom stereocenters. The zero-order valence-electron chi connectivity index (χ0n) is 5.65. The number of hydrogen-bond acceptors (Lipinski definition) is 3. The van der Waals surface area contributed by atoms with E-state index < -0.39 is 0 Å². The maximum absolute atomic E-state index is 11.1. The largest absolute Gasteiger partial charge is 0.287 e. The number of nitrogens with zero attached hydrogens (tertiary/aromatic N) is 1. The van der Waals surface area contributed by atoms with Crippen molar-refractivity contribution in [3.63, 3.8) is 0 Å². The molecule has 3 heteroatoms. The van der Waals surface area contributed by atoms with Crippen molar-refractivity contribution in [3.05, 3.63) is 40.0 Å². The van der Waals surface area contributed by atoms with Gasteiger partial charge in [0.2, 0.25) is 5.43 Å². The van der Waals surface area contributed by atoms with Gasteiger partial charge < -0.3 is 0 Å². The molecule has 0 aromatic heterocycles. The van der Waals surface area contributed by atoms with Gasteiger partial charge in [-0.25, -0.2) is 0 Å². The van der Waals surface area contributed by atoms with E-state index in [1.807, 2.05) is 11.4 Å². The molecule has 0 aromatic carbocycles. The quantitative estimate of drug-likeness (QED) is 0.590. The van der Waals surface area contributed by atoms with Crippen LogP contribution in [0.5, 0.6) is 0 Å². The highest BCUT2D eigenvalue weighted by atomic mass is 32.1. The zero-order valence-corrected chi connectivity index (χ0v) is 6.47. The minimum absolute atomic E-state index is 0.000602. The Labute approximate surface area is 67.5 Å². The molecule has 1 heterocycles. The van der Waals surface area contributed by atoms with Gasteiger partial charge in [0.1, 0.15) is 5.69 Å². The first-order valence-electron chi connectivity index (χ1n) is 3.20. The summed E-state index contributed by atoms with van der Waals surface area (Å²) in [7, 11) is 0. The summed E-state index contributed by atoms with van der Waals surface area (Å²) < 4.78 is 0. The minimum atomic E-state index is -0.000602. The lowest BCUT2D eigenvalue weighted by Gasteiger charge is -1.97. The Balaban J connectivity index is 2.90. The van der Waals surface area contributed by atoms with Crippen LogP contribution in [0.15, 0.2) is 34.6 Å². The van der Waals surface area contributed by atoms with Crippen LogP contribution in [0.25, 0.3) is 10.6 Å². The van der Waals surface area contributed by atoms with E-state index in [-0.39, 0.29) is 5.43 Å². The van der Waals surface area contributed by atoms with Crippen molar-refractivity contribution in [3.8, 4) is 10.6 Å². The molecule has 1 aliphatic heterocycles. The molecule has 0 spiro atoms. The van der Waals surface area contributed by atoms with Gasteiger partial charge in [-0.2, -0.15) is 0 Å². The van der Waals surface area contributed by atoms with Gasteiger partial charge in [0.15, 0.2) is 0 Å². The number of hydrogen-bond donors (Lipinski definition) is 0. The lowest BCUT2D eigenvalue weighted by atomic mass is 10.2. The van der Waals surface area contributed by atoms with E-state index in [1.54, 1.807) is 12.3 Å². The lowest BCUT2D eigenvalue weighted by Crippen LogP contribution is -2.03. The van der Waals surface area contributed by atoms with Crippen molar-refractivity contribution < 1.29 is 0 Å². The van der Waals surface area contributed by atoms with E-state index >= 15 is 0 Å². The van der Waals surface area contributed by atoms with E-state index in [2.05, 4.69) is 4.98 Å². The predicted molar refractivity (Wildman–Crippen MR) is 45.0 cm³/mol. The maximum Gasteiger partial charge on any atom is 0.205 e. The summed E-state index contributed by atoms with van der Waals surface area (Å²) >= 11 is 1.53. The minimum Gasteiger partial charge on any atom is -0.287 e. The van der Waals surface area contributed by atoms with Crippen molar-refractivity contribution in [2.75, 3.05) is 0 Å². The third-order valence-corrected chi connectivity index (χ3v) is 2.26. The van der Waals surface area contributed by atoms with Gasteiger partial charge in [-0.1, -0.05) is 6.07 Å². The molecule has 0 radical (unpaired) electrons. The Bertz CT molecular complexity index is 396. The first-order valence-corrected chi connectivity index (χ1v) is 4.08. The van der Waals surface area contributed by atoms with Crippen LogP contribution in [0.1, 0.15) is 0 Å². The van der Waals surface area contributed by atoms with Crippen LogP contribution < -0.4 is 5.43 Å². The van der Waals surface area contributed by atoms with Crippen LogP contribution >= 0.6 is 11.3 Å². The summed E-state index contributed by atoms with van der Waals surface area (Å²) in [6.45, 7) is 0. The average Bonchev–Trinajstić information content (AvgIpc) is 2.06. The van der Waals surface area contributed by atoms with Gasteiger partial charge in [0.25, 0.3) is 0 Å². The van der Waals surface area contributed by atoms with Crippen LogP contribution in [0.2, 0.25) is 0 Å². The Morgan fingerprint density at radius 3 is 3.09 bits per heavy atom. The number of rotatable bonds is 0. The van der Waals surface area contributed by atoms with Gasteiger partial charge in [0, 0.05) is 11.6 Å². The van der Waals surface area contributed by atoms with E-state index in [9.17, 15) is 4.79 Å². The Kier molecular flexibility index (Phi) is 1.43.